The van der Waals surface area contributed by atoms with E-state index < -0.39 is 7.82 Å². The van der Waals surface area contributed by atoms with Gasteiger partial charge in [-0.1, -0.05) is 142 Å². The maximum atomic E-state index is 8.88. The van der Waals surface area contributed by atoms with Crippen LogP contribution in [0.3, 0.4) is 0 Å². The van der Waals surface area contributed by atoms with Crippen molar-refractivity contribution < 1.29 is 24.0 Å². The summed E-state index contributed by atoms with van der Waals surface area (Å²) in [7, 11) is -4.64. The van der Waals surface area contributed by atoms with Crippen molar-refractivity contribution in [2.75, 3.05) is 13.2 Å². The van der Waals surface area contributed by atoms with Crippen LogP contribution in [0.1, 0.15) is 155 Å². The first-order valence-corrected chi connectivity index (χ1v) is 15.3. The topological polar surface area (TPSA) is 122 Å². The van der Waals surface area contributed by atoms with Crippen molar-refractivity contribution in [1.82, 2.24) is 6.15 Å². The molecule has 204 valence electrons. The minimum absolute atomic E-state index is 0. The molecule has 0 aliphatic rings. The molecule has 0 heterocycles. The first-order chi connectivity index (χ1) is 15.4. The normalized spacial score (nSPS) is 11.1. The van der Waals surface area contributed by atoms with E-state index in [1.165, 1.54) is 141 Å². The number of rotatable bonds is 24. The minimum Gasteiger partial charge on any atom is -0.381 e. The van der Waals surface area contributed by atoms with Gasteiger partial charge in [0.2, 0.25) is 0 Å². The van der Waals surface area contributed by atoms with Crippen LogP contribution in [0.5, 0.6) is 0 Å². The minimum atomic E-state index is -4.64. The van der Waals surface area contributed by atoms with Crippen molar-refractivity contribution in [3.63, 3.8) is 0 Å². The first kappa shape index (κ1) is 37.6. The molecule has 0 aliphatic heterocycles. The van der Waals surface area contributed by atoms with Crippen LogP contribution >= 0.6 is 7.82 Å². The van der Waals surface area contributed by atoms with Gasteiger partial charge in [0.05, 0.1) is 0 Å². The maximum Gasteiger partial charge on any atom is 0.466 e. The van der Waals surface area contributed by atoms with Crippen LogP contribution in [-0.2, 0) is 9.30 Å². The SMILES string of the molecule is CCCCCCCCCCCCCOCCCCCCCCCCCCC.N.O=P(O)(O)O. The lowest BCUT2D eigenvalue weighted by atomic mass is 10.1. The third-order valence-corrected chi connectivity index (χ3v) is 5.78. The lowest BCUT2D eigenvalue weighted by molar-refractivity contribution is 0.125. The van der Waals surface area contributed by atoms with Gasteiger partial charge in [0, 0.05) is 13.2 Å². The molecule has 0 fully saturated rings. The summed E-state index contributed by atoms with van der Waals surface area (Å²) in [5, 5.41) is 0. The van der Waals surface area contributed by atoms with Gasteiger partial charge in [0.25, 0.3) is 0 Å². The summed E-state index contributed by atoms with van der Waals surface area (Å²) in [5.41, 5.74) is 0. The molecule has 0 rings (SSSR count). The summed E-state index contributed by atoms with van der Waals surface area (Å²) >= 11 is 0. The lowest BCUT2D eigenvalue weighted by Gasteiger charge is -2.05. The molecular formula is C26H60NO5P. The van der Waals surface area contributed by atoms with E-state index in [2.05, 4.69) is 13.8 Å². The third-order valence-electron chi connectivity index (χ3n) is 5.78. The molecule has 6 N–H and O–H groups in total. The predicted molar refractivity (Wildman–Crippen MR) is 143 cm³/mol. The molecule has 0 saturated heterocycles. The summed E-state index contributed by atoms with van der Waals surface area (Å²) in [6.07, 6.45) is 31.1. The van der Waals surface area contributed by atoms with Gasteiger partial charge in [-0.25, -0.2) is 4.57 Å². The van der Waals surface area contributed by atoms with E-state index >= 15 is 0 Å². The Labute approximate surface area is 206 Å². The first-order valence-electron chi connectivity index (χ1n) is 13.8. The van der Waals surface area contributed by atoms with Crippen LogP contribution in [0.4, 0.5) is 0 Å². The largest absolute Gasteiger partial charge is 0.466 e. The molecule has 0 saturated carbocycles. The second-order valence-electron chi connectivity index (χ2n) is 9.20. The molecule has 0 radical (unpaired) electrons. The van der Waals surface area contributed by atoms with Crippen LogP contribution < -0.4 is 6.15 Å². The monoisotopic (exact) mass is 497 g/mol. The standard InChI is InChI=1S/C26H54O.H3N.H3O4P/c1-3-5-7-9-11-13-15-17-19-21-23-25-27-26-24-22-20-18-16-14-12-10-8-6-4-2;;1-5(2,3)4/h3-26H2,1-2H3;1H3;(H3,1,2,3,4). The van der Waals surface area contributed by atoms with E-state index in [1.54, 1.807) is 0 Å². The van der Waals surface area contributed by atoms with Crippen molar-refractivity contribution in [3.05, 3.63) is 0 Å². The zero-order valence-electron chi connectivity index (χ0n) is 22.3. The zero-order chi connectivity index (χ0) is 24.2. The van der Waals surface area contributed by atoms with Crippen LogP contribution in [0, 0.1) is 0 Å². The van der Waals surface area contributed by atoms with Crippen LogP contribution in [-0.4, -0.2) is 27.9 Å². The highest BCUT2D eigenvalue weighted by Crippen LogP contribution is 2.25. The van der Waals surface area contributed by atoms with Crippen LogP contribution in [0.25, 0.3) is 0 Å². The molecule has 0 amide bonds. The van der Waals surface area contributed by atoms with Gasteiger partial charge in [-0.2, -0.15) is 0 Å². The van der Waals surface area contributed by atoms with E-state index in [1.807, 2.05) is 0 Å². The molecule has 0 atom stereocenters. The molecule has 6 nitrogen and oxygen atoms in total. The average Bonchev–Trinajstić information content (AvgIpc) is 2.73. The molecule has 0 spiro atoms. The Hall–Kier alpha value is 0.0300. The van der Waals surface area contributed by atoms with E-state index in [-0.39, 0.29) is 6.15 Å². The Bertz CT molecular complexity index is 347. The Morgan fingerprint density at radius 2 is 0.636 bits per heavy atom. The number of ether oxygens (including phenoxy) is 1. The van der Waals surface area contributed by atoms with Crippen molar-refractivity contribution in [1.29, 1.82) is 0 Å². The second-order valence-corrected chi connectivity index (χ2v) is 10.2. The molecule has 0 aromatic rings. The van der Waals surface area contributed by atoms with Crippen molar-refractivity contribution in [2.45, 2.75) is 155 Å². The predicted octanol–water partition coefficient (Wildman–Crippen LogP) is 8.86. The van der Waals surface area contributed by atoms with Crippen LogP contribution in [0.2, 0.25) is 0 Å². The van der Waals surface area contributed by atoms with Crippen molar-refractivity contribution >= 4 is 7.82 Å². The highest BCUT2D eigenvalue weighted by molar-refractivity contribution is 7.45. The molecule has 0 unspecified atom stereocenters. The van der Waals surface area contributed by atoms with Crippen molar-refractivity contribution in [3.8, 4) is 0 Å². The number of hydrogen-bond donors (Lipinski definition) is 4. The zero-order valence-corrected chi connectivity index (χ0v) is 23.2. The summed E-state index contributed by atoms with van der Waals surface area (Å²) in [4.78, 5) is 21.6. The van der Waals surface area contributed by atoms with Gasteiger partial charge in [0.15, 0.2) is 0 Å². The third kappa shape index (κ3) is 50.0. The van der Waals surface area contributed by atoms with Gasteiger partial charge in [-0.05, 0) is 12.8 Å². The Morgan fingerprint density at radius 1 is 0.455 bits per heavy atom. The molecule has 33 heavy (non-hydrogen) atoms. The summed E-state index contributed by atoms with van der Waals surface area (Å²) < 4.78 is 14.7. The quantitative estimate of drug-likeness (QED) is 0.0780. The van der Waals surface area contributed by atoms with Gasteiger partial charge < -0.3 is 25.6 Å². The van der Waals surface area contributed by atoms with E-state index in [4.69, 9.17) is 24.0 Å². The van der Waals surface area contributed by atoms with E-state index in [0.29, 0.717) is 0 Å². The Balaban J connectivity index is -0.00000134. The smallest absolute Gasteiger partial charge is 0.381 e. The maximum absolute atomic E-state index is 8.88. The van der Waals surface area contributed by atoms with Crippen LogP contribution in [0.15, 0.2) is 0 Å². The molecular weight excluding hydrogens is 437 g/mol. The fraction of sp³-hybridized carbons (Fsp3) is 1.00. The molecule has 0 aromatic heterocycles. The summed E-state index contributed by atoms with van der Waals surface area (Å²) in [6.45, 7) is 6.58. The van der Waals surface area contributed by atoms with Crippen molar-refractivity contribution in [2.24, 2.45) is 0 Å². The molecule has 7 heteroatoms. The second kappa shape index (κ2) is 32.0. The lowest BCUT2D eigenvalue weighted by Crippen LogP contribution is -1.97. The number of hydrogen-bond acceptors (Lipinski definition) is 3. The van der Waals surface area contributed by atoms with Gasteiger partial charge in [0.1, 0.15) is 0 Å². The fourth-order valence-electron chi connectivity index (χ4n) is 3.84. The number of unbranched alkanes of at least 4 members (excludes halogenated alkanes) is 20. The average molecular weight is 498 g/mol. The number of phosphoric acid groups is 1. The van der Waals surface area contributed by atoms with Gasteiger partial charge >= 0.3 is 7.82 Å². The Kier molecular flexibility index (Phi) is 36.5. The highest BCUT2D eigenvalue weighted by atomic mass is 31.2. The van der Waals surface area contributed by atoms with Gasteiger partial charge in [-0.3, -0.25) is 0 Å². The highest BCUT2D eigenvalue weighted by Gasteiger charge is 2.00. The molecule has 0 bridgehead atoms. The molecule has 0 aliphatic carbocycles. The fourth-order valence-corrected chi connectivity index (χ4v) is 3.84. The Morgan fingerprint density at radius 3 is 0.848 bits per heavy atom. The van der Waals surface area contributed by atoms with E-state index in [0.717, 1.165) is 13.2 Å². The van der Waals surface area contributed by atoms with Gasteiger partial charge in [-0.15, -0.1) is 0 Å². The summed E-state index contributed by atoms with van der Waals surface area (Å²) in [5.74, 6) is 0. The van der Waals surface area contributed by atoms with E-state index in [9.17, 15) is 0 Å². The molecule has 0 aromatic carbocycles. The summed E-state index contributed by atoms with van der Waals surface area (Å²) in [6, 6.07) is 0.